The molecule has 6 nitrogen and oxygen atoms in total. The van der Waals surface area contributed by atoms with Crippen LogP contribution < -0.4 is 5.32 Å². The van der Waals surface area contributed by atoms with Crippen molar-refractivity contribution in [1.29, 1.82) is 0 Å². The maximum Gasteiger partial charge on any atom is 0.435 e. The summed E-state index contributed by atoms with van der Waals surface area (Å²) >= 11 is 5.54. The van der Waals surface area contributed by atoms with E-state index in [1.807, 2.05) is 0 Å². The van der Waals surface area contributed by atoms with E-state index in [2.05, 4.69) is 15.3 Å². The van der Waals surface area contributed by atoms with Crippen molar-refractivity contribution >= 4 is 29.1 Å². The number of benzene rings is 2. The number of halogens is 8. The van der Waals surface area contributed by atoms with Gasteiger partial charge in [0.05, 0.1) is 22.7 Å². The number of nitrogens with zero attached hydrogens (tertiary/aromatic N) is 2. The lowest BCUT2D eigenvalue weighted by atomic mass is 9.85. The fourth-order valence-electron chi connectivity index (χ4n) is 5.00. The lowest BCUT2D eigenvalue weighted by molar-refractivity contribution is -0.276. The molecular formula is C26H21ClF7N3O3. The van der Waals surface area contributed by atoms with Crippen molar-refractivity contribution in [1.82, 2.24) is 10.2 Å². The molecule has 1 saturated carbocycles. The van der Waals surface area contributed by atoms with E-state index in [1.54, 1.807) is 4.90 Å². The highest BCUT2D eigenvalue weighted by molar-refractivity contribution is 6.30. The van der Waals surface area contributed by atoms with Crippen LogP contribution in [0.25, 0.3) is 0 Å². The number of oxime groups is 1. The SMILES string of the molecule is Cc1cc(C2=NO[C@](c3cc(C(F)(F)F)cc(Cl)c3F)(C(F)(F)F)C2)ccc1C(=O)N[C@@H]1CCN(C2CC2)C1=O. The zero-order chi connectivity index (χ0) is 29.2. The quantitative estimate of drug-likeness (QED) is 0.442. The third-order valence-corrected chi connectivity index (χ3v) is 7.59. The molecule has 14 heteroatoms. The molecule has 0 aromatic heterocycles. The monoisotopic (exact) mass is 591 g/mol. The van der Waals surface area contributed by atoms with Crippen LogP contribution in [0.5, 0.6) is 0 Å². The van der Waals surface area contributed by atoms with Gasteiger partial charge in [-0.3, -0.25) is 9.59 Å². The van der Waals surface area contributed by atoms with E-state index < -0.39 is 58.3 Å². The van der Waals surface area contributed by atoms with E-state index in [4.69, 9.17) is 11.6 Å². The largest absolute Gasteiger partial charge is 0.435 e. The first kappa shape index (κ1) is 28.2. The third kappa shape index (κ3) is 4.88. The van der Waals surface area contributed by atoms with Gasteiger partial charge in [-0.25, -0.2) is 4.39 Å². The molecule has 2 amide bonds. The van der Waals surface area contributed by atoms with E-state index >= 15 is 0 Å². The van der Waals surface area contributed by atoms with E-state index in [9.17, 15) is 40.3 Å². The Morgan fingerprint density at radius 3 is 2.42 bits per heavy atom. The van der Waals surface area contributed by atoms with Gasteiger partial charge in [-0.05, 0) is 61.6 Å². The van der Waals surface area contributed by atoms with Crippen LogP contribution in [0.2, 0.25) is 5.02 Å². The molecule has 0 unspecified atom stereocenters. The summed E-state index contributed by atoms with van der Waals surface area (Å²) in [4.78, 5) is 31.8. The molecule has 0 bridgehead atoms. The maximum absolute atomic E-state index is 14.8. The Kier molecular flexibility index (Phi) is 6.79. The lowest BCUT2D eigenvalue weighted by Gasteiger charge is -2.30. The van der Waals surface area contributed by atoms with Crippen LogP contribution >= 0.6 is 11.6 Å². The number of carbonyl (C=O) groups excluding carboxylic acids is 2. The molecular weight excluding hydrogens is 571 g/mol. The topological polar surface area (TPSA) is 71.0 Å². The van der Waals surface area contributed by atoms with Gasteiger partial charge in [0, 0.05) is 23.7 Å². The summed E-state index contributed by atoms with van der Waals surface area (Å²) in [5, 5.41) is 5.00. The number of amides is 2. The molecule has 2 aromatic carbocycles. The fraction of sp³-hybridized carbons (Fsp3) is 0.423. The van der Waals surface area contributed by atoms with Gasteiger partial charge < -0.3 is 15.1 Å². The number of alkyl halides is 6. The summed E-state index contributed by atoms with van der Waals surface area (Å²) in [6.07, 6.45) is -9.31. The first-order valence-corrected chi connectivity index (χ1v) is 12.6. The van der Waals surface area contributed by atoms with Crippen molar-refractivity contribution in [2.45, 2.75) is 62.6 Å². The second-order valence-corrected chi connectivity index (χ2v) is 10.5. The highest BCUT2D eigenvalue weighted by atomic mass is 35.5. The van der Waals surface area contributed by atoms with Crippen molar-refractivity contribution in [3.8, 4) is 0 Å². The van der Waals surface area contributed by atoms with Crippen LogP contribution in [0.1, 0.15) is 58.3 Å². The zero-order valence-corrected chi connectivity index (χ0v) is 21.5. The molecule has 5 rings (SSSR count). The van der Waals surface area contributed by atoms with Gasteiger partial charge in [0.25, 0.3) is 11.5 Å². The second-order valence-electron chi connectivity index (χ2n) is 10.1. The molecule has 2 aliphatic heterocycles. The summed E-state index contributed by atoms with van der Waals surface area (Å²) in [5.74, 6) is -2.42. The molecule has 1 N–H and O–H groups in total. The van der Waals surface area contributed by atoms with Crippen LogP contribution in [0.4, 0.5) is 30.7 Å². The third-order valence-electron chi connectivity index (χ3n) is 7.31. The molecule has 214 valence electrons. The molecule has 0 radical (unpaired) electrons. The Labute approximate surface area is 228 Å². The van der Waals surface area contributed by atoms with Gasteiger partial charge >= 0.3 is 12.4 Å². The molecule has 40 heavy (non-hydrogen) atoms. The van der Waals surface area contributed by atoms with Gasteiger partial charge in [0.15, 0.2) is 0 Å². The van der Waals surface area contributed by atoms with E-state index in [0.717, 1.165) is 12.8 Å². The Morgan fingerprint density at radius 2 is 1.82 bits per heavy atom. The highest BCUT2D eigenvalue weighted by Gasteiger charge is 2.64. The first-order valence-electron chi connectivity index (χ1n) is 12.2. The standard InChI is InChI=1S/C26H21ClF7N3O3/c1-12-8-13(2-5-16(12)22(38)35-19-6-7-37(23(19)39)15-3-4-15)20-11-24(40-36-20,26(32,33)34)17-9-14(25(29,30)31)10-18(27)21(17)28/h2,5,8-10,15,19H,3-4,6-7,11H2,1H3,(H,35,38)/t19-,24-/m1/s1. The van der Waals surface area contributed by atoms with Crippen molar-refractivity contribution in [2.24, 2.45) is 5.16 Å². The summed E-state index contributed by atoms with van der Waals surface area (Å²) in [6.45, 7) is 2.07. The van der Waals surface area contributed by atoms with Gasteiger partial charge in [-0.2, -0.15) is 26.3 Å². The molecule has 1 saturated heterocycles. The normalized spacial score (nSPS) is 23.3. The Balaban J connectivity index is 1.39. The number of hydrogen-bond acceptors (Lipinski definition) is 4. The number of aryl methyl sites for hydroxylation is 1. The van der Waals surface area contributed by atoms with Crippen molar-refractivity contribution in [3.63, 3.8) is 0 Å². The molecule has 2 atom stereocenters. The van der Waals surface area contributed by atoms with Crippen LogP contribution in [-0.4, -0.2) is 47.2 Å². The summed E-state index contributed by atoms with van der Waals surface area (Å²) in [5.41, 5.74) is -6.35. The Morgan fingerprint density at radius 1 is 1.12 bits per heavy atom. The zero-order valence-electron chi connectivity index (χ0n) is 20.7. The Bertz CT molecular complexity index is 1420. The minimum Gasteiger partial charge on any atom is -0.374 e. The number of hydrogen-bond donors (Lipinski definition) is 1. The molecule has 3 aliphatic rings. The highest BCUT2D eigenvalue weighted by Crippen LogP contribution is 2.51. The van der Waals surface area contributed by atoms with Crippen LogP contribution in [0, 0.1) is 12.7 Å². The Hall–Kier alpha value is -3.35. The smallest absolute Gasteiger partial charge is 0.374 e. The molecule has 2 fully saturated rings. The van der Waals surface area contributed by atoms with Gasteiger partial charge in [0.1, 0.15) is 11.9 Å². The molecule has 2 aromatic rings. The van der Waals surface area contributed by atoms with Crippen LogP contribution in [0.3, 0.4) is 0 Å². The maximum atomic E-state index is 14.8. The summed E-state index contributed by atoms with van der Waals surface area (Å²) < 4.78 is 97.6. The average Bonchev–Trinajstić information content (AvgIpc) is 3.48. The minimum atomic E-state index is -5.39. The summed E-state index contributed by atoms with van der Waals surface area (Å²) in [6, 6.07) is 3.72. The van der Waals surface area contributed by atoms with E-state index in [0.29, 0.717) is 18.5 Å². The van der Waals surface area contributed by atoms with Crippen molar-refractivity contribution < 1.29 is 45.2 Å². The second kappa shape index (κ2) is 9.64. The van der Waals surface area contributed by atoms with Gasteiger partial charge in [-0.15, -0.1) is 0 Å². The van der Waals surface area contributed by atoms with Crippen LogP contribution in [-0.2, 0) is 21.4 Å². The van der Waals surface area contributed by atoms with Crippen molar-refractivity contribution in [3.05, 3.63) is 69.0 Å². The number of rotatable bonds is 5. The molecule has 2 heterocycles. The van der Waals surface area contributed by atoms with E-state index in [-0.39, 0.29) is 40.9 Å². The number of likely N-dealkylation sites (tertiary alicyclic amines) is 1. The first-order chi connectivity index (χ1) is 18.6. The van der Waals surface area contributed by atoms with Crippen LogP contribution in [0.15, 0.2) is 35.5 Å². The summed E-state index contributed by atoms with van der Waals surface area (Å²) in [7, 11) is 0. The van der Waals surface area contributed by atoms with Gasteiger partial charge in [0.2, 0.25) is 5.91 Å². The number of carbonyl (C=O) groups is 2. The fourth-order valence-corrected chi connectivity index (χ4v) is 5.22. The lowest BCUT2D eigenvalue weighted by Crippen LogP contribution is -2.43. The predicted octanol–water partition coefficient (Wildman–Crippen LogP) is 5.88. The van der Waals surface area contributed by atoms with Gasteiger partial charge in [-0.1, -0.05) is 22.8 Å². The number of nitrogens with one attached hydrogen (secondary N) is 1. The van der Waals surface area contributed by atoms with Crippen molar-refractivity contribution in [2.75, 3.05) is 6.54 Å². The average molecular weight is 592 g/mol. The minimum absolute atomic E-state index is 0.0144. The predicted molar refractivity (Wildman–Crippen MR) is 128 cm³/mol. The molecule has 0 spiro atoms. The van der Waals surface area contributed by atoms with E-state index in [1.165, 1.54) is 25.1 Å². The molecule has 1 aliphatic carbocycles.